The topological polar surface area (TPSA) is 77.5 Å². The highest BCUT2D eigenvalue weighted by atomic mass is 16.5. The first-order valence-corrected chi connectivity index (χ1v) is 10.1. The predicted octanol–water partition coefficient (Wildman–Crippen LogP) is 3.79. The molecule has 0 aliphatic heterocycles. The number of anilines is 1. The first-order chi connectivity index (χ1) is 15.0. The maximum absolute atomic E-state index is 12.2. The SMILES string of the molecule is COc1cc(-c2c3ccccc3[n+](C)c3ccccc23)c(OC)cc1NC(=O)[C@H](C)N. The third-order valence-corrected chi connectivity index (χ3v) is 5.53. The number of ether oxygens (including phenoxy) is 2. The Labute approximate surface area is 181 Å². The number of nitrogens with one attached hydrogen (secondary N) is 1. The third-order valence-electron chi connectivity index (χ3n) is 5.53. The zero-order valence-corrected chi connectivity index (χ0v) is 18.1. The van der Waals surface area contributed by atoms with E-state index in [0.29, 0.717) is 17.2 Å². The van der Waals surface area contributed by atoms with E-state index in [1.54, 1.807) is 27.2 Å². The fourth-order valence-electron chi connectivity index (χ4n) is 3.96. The molecular formula is C25H26N3O3+. The van der Waals surface area contributed by atoms with Crippen molar-refractivity contribution in [2.45, 2.75) is 13.0 Å². The third kappa shape index (κ3) is 3.55. The smallest absolute Gasteiger partial charge is 0.241 e. The van der Waals surface area contributed by atoms with E-state index in [4.69, 9.17) is 15.2 Å². The van der Waals surface area contributed by atoms with Crippen LogP contribution in [-0.4, -0.2) is 26.2 Å². The summed E-state index contributed by atoms with van der Waals surface area (Å²) in [6.45, 7) is 1.63. The number of pyridine rings is 1. The fourth-order valence-corrected chi connectivity index (χ4v) is 3.96. The van der Waals surface area contributed by atoms with Gasteiger partial charge in [0.25, 0.3) is 0 Å². The van der Waals surface area contributed by atoms with E-state index >= 15 is 0 Å². The number of rotatable bonds is 5. The molecule has 0 spiro atoms. The monoisotopic (exact) mass is 416 g/mol. The van der Waals surface area contributed by atoms with Gasteiger partial charge in [0.2, 0.25) is 16.9 Å². The van der Waals surface area contributed by atoms with E-state index in [0.717, 1.165) is 32.9 Å². The van der Waals surface area contributed by atoms with Gasteiger partial charge in [-0.15, -0.1) is 0 Å². The van der Waals surface area contributed by atoms with Crippen LogP contribution in [0.4, 0.5) is 5.69 Å². The minimum absolute atomic E-state index is 0.296. The molecule has 6 nitrogen and oxygen atoms in total. The van der Waals surface area contributed by atoms with Crippen LogP contribution < -0.4 is 25.1 Å². The van der Waals surface area contributed by atoms with Crippen molar-refractivity contribution in [1.82, 2.24) is 0 Å². The van der Waals surface area contributed by atoms with Gasteiger partial charge in [-0.05, 0) is 25.1 Å². The van der Waals surface area contributed by atoms with Crippen LogP contribution in [0.2, 0.25) is 0 Å². The summed E-state index contributed by atoms with van der Waals surface area (Å²) in [5, 5.41) is 5.01. The van der Waals surface area contributed by atoms with Crippen LogP contribution in [0.5, 0.6) is 11.5 Å². The largest absolute Gasteiger partial charge is 0.496 e. The Kier molecular flexibility index (Phi) is 5.48. The Hall–Kier alpha value is -3.64. The van der Waals surface area contributed by atoms with E-state index in [1.165, 1.54) is 0 Å². The van der Waals surface area contributed by atoms with Crippen LogP contribution in [0, 0.1) is 0 Å². The molecule has 0 unspecified atom stereocenters. The summed E-state index contributed by atoms with van der Waals surface area (Å²) in [5.41, 5.74) is 10.4. The molecule has 4 aromatic rings. The van der Waals surface area contributed by atoms with Gasteiger partial charge in [-0.2, -0.15) is 4.57 Å². The van der Waals surface area contributed by atoms with Gasteiger partial charge in [0, 0.05) is 29.3 Å². The van der Waals surface area contributed by atoms with Crippen molar-refractivity contribution in [3.63, 3.8) is 0 Å². The highest BCUT2D eigenvalue weighted by Crippen LogP contribution is 2.43. The molecule has 31 heavy (non-hydrogen) atoms. The molecule has 0 radical (unpaired) electrons. The van der Waals surface area contributed by atoms with Gasteiger partial charge in [0.1, 0.15) is 18.5 Å². The first kappa shape index (κ1) is 20.6. The number of aromatic nitrogens is 1. The van der Waals surface area contributed by atoms with Gasteiger partial charge < -0.3 is 20.5 Å². The Morgan fingerprint density at radius 1 is 0.935 bits per heavy atom. The standard InChI is InChI=1S/C25H25N3O3/c1-15(26)25(29)27-19-14-22(30-3)18(13-23(19)31-4)24-16-9-5-7-11-20(16)28(2)21-12-8-6-10-17(21)24/h5-15H,26H2,1-4H3/p+1/t15-/m0/s1. The van der Waals surface area contributed by atoms with Crippen LogP contribution in [0.15, 0.2) is 60.7 Å². The molecule has 0 saturated carbocycles. The van der Waals surface area contributed by atoms with E-state index in [1.807, 2.05) is 30.3 Å². The number of nitrogens with zero attached hydrogens (tertiary/aromatic N) is 1. The van der Waals surface area contributed by atoms with Gasteiger partial charge >= 0.3 is 0 Å². The summed E-state index contributed by atoms with van der Waals surface area (Å²) in [7, 11) is 5.27. The lowest BCUT2D eigenvalue weighted by atomic mass is 9.94. The lowest BCUT2D eigenvalue weighted by Gasteiger charge is -2.18. The number of fused-ring (bicyclic) bond motifs is 2. The number of hydrogen-bond acceptors (Lipinski definition) is 4. The first-order valence-electron chi connectivity index (χ1n) is 10.1. The van der Waals surface area contributed by atoms with Crippen LogP contribution in [-0.2, 0) is 11.8 Å². The number of hydrogen-bond donors (Lipinski definition) is 2. The van der Waals surface area contributed by atoms with Crippen LogP contribution in [0.1, 0.15) is 6.92 Å². The number of benzene rings is 3. The maximum Gasteiger partial charge on any atom is 0.241 e. The Morgan fingerprint density at radius 3 is 2.00 bits per heavy atom. The Morgan fingerprint density at radius 2 is 1.48 bits per heavy atom. The normalized spacial score (nSPS) is 12.0. The van der Waals surface area contributed by atoms with E-state index < -0.39 is 6.04 Å². The van der Waals surface area contributed by atoms with Crippen LogP contribution in [0.25, 0.3) is 32.9 Å². The average molecular weight is 417 g/mol. The number of methoxy groups -OCH3 is 2. The molecule has 0 saturated heterocycles. The zero-order valence-electron chi connectivity index (χ0n) is 18.1. The number of nitrogens with two attached hydrogens (primary N) is 1. The molecule has 3 aromatic carbocycles. The fraction of sp³-hybridized carbons (Fsp3) is 0.200. The minimum Gasteiger partial charge on any atom is -0.496 e. The van der Waals surface area contributed by atoms with Crippen LogP contribution >= 0.6 is 0 Å². The van der Waals surface area contributed by atoms with Crippen molar-refractivity contribution >= 4 is 33.4 Å². The zero-order chi connectivity index (χ0) is 22.1. The van der Waals surface area contributed by atoms with Crippen molar-refractivity contribution in [2.75, 3.05) is 19.5 Å². The molecule has 6 heteroatoms. The van der Waals surface area contributed by atoms with Gasteiger partial charge in [0.05, 0.1) is 36.7 Å². The summed E-state index contributed by atoms with van der Waals surface area (Å²) < 4.78 is 13.6. The lowest BCUT2D eigenvalue weighted by Crippen LogP contribution is -2.32. The summed E-state index contributed by atoms with van der Waals surface area (Å²) >= 11 is 0. The van der Waals surface area contributed by atoms with Crippen molar-refractivity contribution in [1.29, 1.82) is 0 Å². The second-order valence-electron chi connectivity index (χ2n) is 7.50. The molecular weight excluding hydrogens is 390 g/mol. The molecule has 0 fully saturated rings. The Bertz CT molecular complexity index is 1240. The molecule has 0 aliphatic carbocycles. The molecule has 1 aromatic heterocycles. The maximum atomic E-state index is 12.2. The van der Waals surface area contributed by atoms with Gasteiger partial charge in [-0.25, -0.2) is 0 Å². The van der Waals surface area contributed by atoms with Crippen molar-refractivity contribution in [3.8, 4) is 22.6 Å². The minimum atomic E-state index is -0.641. The summed E-state index contributed by atoms with van der Waals surface area (Å²) in [6, 6.07) is 19.6. The molecule has 3 N–H and O–H groups in total. The number of amides is 1. The highest BCUT2D eigenvalue weighted by Gasteiger charge is 2.23. The summed E-state index contributed by atoms with van der Waals surface area (Å²) in [6.07, 6.45) is 0. The number of para-hydroxylation sites is 2. The van der Waals surface area contributed by atoms with Gasteiger partial charge in [-0.1, -0.05) is 24.3 Å². The summed E-state index contributed by atoms with van der Waals surface area (Å²) in [4.78, 5) is 12.2. The molecule has 0 aliphatic rings. The highest BCUT2D eigenvalue weighted by molar-refractivity contribution is 6.09. The summed E-state index contributed by atoms with van der Waals surface area (Å²) in [5.74, 6) is 0.867. The molecule has 158 valence electrons. The number of carbonyl (C=O) groups is 1. The Balaban J connectivity index is 2.06. The average Bonchev–Trinajstić information content (AvgIpc) is 2.79. The van der Waals surface area contributed by atoms with Crippen LogP contribution in [0.3, 0.4) is 0 Å². The van der Waals surface area contributed by atoms with Crippen molar-refractivity contribution < 1.29 is 18.8 Å². The van der Waals surface area contributed by atoms with Crippen molar-refractivity contribution in [2.24, 2.45) is 12.8 Å². The van der Waals surface area contributed by atoms with Gasteiger partial charge in [0.15, 0.2) is 0 Å². The second-order valence-corrected chi connectivity index (χ2v) is 7.50. The quantitative estimate of drug-likeness (QED) is 0.383. The molecule has 1 atom stereocenters. The lowest BCUT2D eigenvalue weighted by molar-refractivity contribution is -0.617. The van der Waals surface area contributed by atoms with E-state index in [-0.39, 0.29) is 5.91 Å². The van der Waals surface area contributed by atoms with Gasteiger partial charge in [-0.3, -0.25) is 4.79 Å². The van der Waals surface area contributed by atoms with Crippen molar-refractivity contribution in [3.05, 3.63) is 60.7 Å². The number of aryl methyl sites for hydroxylation is 1. The molecule has 1 heterocycles. The number of carbonyl (C=O) groups excluding carboxylic acids is 1. The second kappa shape index (κ2) is 8.24. The molecule has 0 bridgehead atoms. The van der Waals surface area contributed by atoms with E-state index in [9.17, 15) is 4.79 Å². The molecule has 1 amide bonds. The predicted molar refractivity (Wildman–Crippen MR) is 123 cm³/mol. The van der Waals surface area contributed by atoms with E-state index in [2.05, 4.69) is 41.2 Å². The molecule has 4 rings (SSSR count).